The number of benzene rings is 2. The largest absolute Gasteiger partial charge is 0.380 e. The smallest absolute Gasteiger partial charge is 0.252 e. The molecule has 0 saturated carbocycles. The molecule has 2 heterocycles. The van der Waals surface area contributed by atoms with Crippen molar-refractivity contribution in [2.24, 2.45) is 5.73 Å². The van der Waals surface area contributed by atoms with Gasteiger partial charge in [0.2, 0.25) is 4.98 Å². The monoisotopic (exact) mass is 476 g/mol. The van der Waals surface area contributed by atoms with E-state index in [4.69, 9.17) is 5.73 Å². The van der Waals surface area contributed by atoms with Gasteiger partial charge in [-0.2, -0.15) is 0 Å². The van der Waals surface area contributed by atoms with Crippen molar-refractivity contribution in [3.05, 3.63) is 87.8 Å². The van der Waals surface area contributed by atoms with Gasteiger partial charge in [0, 0.05) is 29.2 Å². The molecule has 0 bridgehead atoms. The van der Waals surface area contributed by atoms with Crippen LogP contribution in [0.2, 0.25) is 0 Å². The first-order valence-electron chi connectivity index (χ1n) is 10.6. The van der Waals surface area contributed by atoms with Crippen LogP contribution in [-0.4, -0.2) is 35.0 Å². The number of pyridine rings is 1. The predicted molar refractivity (Wildman–Crippen MR) is 136 cm³/mol. The second kappa shape index (κ2) is 10.2. The highest BCUT2D eigenvalue weighted by Crippen LogP contribution is 2.27. The summed E-state index contributed by atoms with van der Waals surface area (Å²) < 4.78 is 1.21. The van der Waals surface area contributed by atoms with Gasteiger partial charge < -0.3 is 16.4 Å². The van der Waals surface area contributed by atoms with Crippen molar-refractivity contribution in [2.75, 3.05) is 24.7 Å². The van der Waals surface area contributed by atoms with E-state index in [2.05, 4.69) is 44.6 Å². The van der Waals surface area contributed by atoms with E-state index in [-0.39, 0.29) is 0 Å². The Kier molecular flexibility index (Phi) is 6.88. The van der Waals surface area contributed by atoms with Gasteiger partial charge >= 0.3 is 0 Å². The summed E-state index contributed by atoms with van der Waals surface area (Å²) in [7, 11) is 3.32. The summed E-state index contributed by atoms with van der Waals surface area (Å²) in [5, 5.41) is 11.3. The summed E-state index contributed by atoms with van der Waals surface area (Å²) in [5.41, 5.74) is 12.2. The Morgan fingerprint density at radius 3 is 2.65 bits per heavy atom. The molecule has 0 atom stereocenters. The fraction of sp³-hybridized carbons (Fsp3) is 0.167. The summed E-state index contributed by atoms with van der Waals surface area (Å²) in [6.07, 6.45) is 1.47. The van der Waals surface area contributed by atoms with Gasteiger partial charge in [-0.3, -0.25) is 4.79 Å². The molecule has 0 spiro atoms. The molecule has 10 heteroatoms. The summed E-state index contributed by atoms with van der Waals surface area (Å²) >= 11 is 1.69. The van der Waals surface area contributed by atoms with Crippen molar-refractivity contribution in [3.63, 3.8) is 0 Å². The number of thiophene rings is 1. The quantitative estimate of drug-likeness (QED) is 0.202. The van der Waals surface area contributed by atoms with Gasteiger partial charge in [-0.15, -0.1) is 21.8 Å². The summed E-state index contributed by atoms with van der Waals surface area (Å²) in [6, 6.07) is 17.7. The van der Waals surface area contributed by atoms with E-state index in [1.54, 1.807) is 31.5 Å². The van der Waals surface area contributed by atoms with Gasteiger partial charge in [0.05, 0.1) is 30.3 Å². The van der Waals surface area contributed by atoms with Gasteiger partial charge in [-0.05, 0) is 40.1 Å². The number of aromatic nitrogens is 1. The first-order chi connectivity index (χ1) is 16.4. The van der Waals surface area contributed by atoms with E-state index in [9.17, 15) is 9.70 Å². The van der Waals surface area contributed by atoms with E-state index >= 15 is 0 Å². The van der Waals surface area contributed by atoms with Crippen LogP contribution in [0, 0.1) is 4.91 Å². The number of hydrazine groups is 2. The lowest BCUT2D eigenvalue weighted by Crippen LogP contribution is -2.36. The lowest BCUT2D eigenvalue weighted by molar-refractivity contribution is -0.745. The van der Waals surface area contributed by atoms with Crippen LogP contribution in [0.1, 0.15) is 21.5 Å². The summed E-state index contributed by atoms with van der Waals surface area (Å²) in [4.78, 5) is 28.6. The zero-order valence-corrected chi connectivity index (χ0v) is 19.7. The van der Waals surface area contributed by atoms with E-state index < -0.39 is 5.91 Å². The number of hydrogen-bond acceptors (Lipinski definition) is 6. The number of amides is 1. The average Bonchev–Trinajstić information content (AvgIpc) is 3.31. The lowest BCUT2D eigenvalue weighted by Gasteiger charge is -2.13. The minimum Gasteiger partial charge on any atom is -0.380 e. The van der Waals surface area contributed by atoms with E-state index in [0.29, 0.717) is 35.1 Å². The maximum Gasteiger partial charge on any atom is 0.252 e. The molecule has 5 N–H and O–H groups in total. The number of rotatable bonds is 10. The van der Waals surface area contributed by atoms with Crippen molar-refractivity contribution in [2.45, 2.75) is 13.1 Å². The predicted octanol–water partition coefficient (Wildman–Crippen LogP) is 4.01. The van der Waals surface area contributed by atoms with E-state index in [1.165, 1.54) is 21.3 Å². The molecule has 1 amide bonds. The number of anilines is 3. The number of fused-ring (bicyclic) bond motifs is 1. The van der Waals surface area contributed by atoms with Gasteiger partial charge in [0.1, 0.15) is 12.4 Å². The third kappa shape index (κ3) is 5.41. The molecule has 4 aromatic rings. The van der Waals surface area contributed by atoms with Crippen LogP contribution in [-0.2, 0) is 13.1 Å². The molecular formula is C24H26N7O2S+. The highest BCUT2D eigenvalue weighted by atomic mass is 32.1. The fourth-order valence-corrected chi connectivity index (χ4v) is 4.32. The lowest BCUT2D eigenvalue weighted by atomic mass is 10.1. The van der Waals surface area contributed by atoms with Crippen LogP contribution in [0.4, 0.5) is 17.2 Å². The summed E-state index contributed by atoms with van der Waals surface area (Å²) in [5.74, 6) is 0.0314. The fourth-order valence-electron chi connectivity index (χ4n) is 3.41. The van der Waals surface area contributed by atoms with Crippen LogP contribution in [0.3, 0.4) is 0 Å². The van der Waals surface area contributed by atoms with Gasteiger partial charge in [-0.25, -0.2) is 4.98 Å². The van der Waals surface area contributed by atoms with E-state index in [1.807, 2.05) is 30.3 Å². The first-order valence-corrected chi connectivity index (χ1v) is 11.5. The topological polar surface area (TPSA) is 115 Å². The Bertz CT molecular complexity index is 1320. The Balaban J connectivity index is 1.47. The second-order valence-electron chi connectivity index (χ2n) is 7.87. The maximum atomic E-state index is 12.0. The number of nitrogens with zero attached hydrogens (tertiary/aromatic N) is 3. The Labute approximate surface area is 201 Å². The number of primary amides is 1. The zero-order chi connectivity index (χ0) is 24.1. The molecule has 34 heavy (non-hydrogen) atoms. The molecule has 0 aliphatic carbocycles. The molecule has 2 aromatic carbocycles. The molecule has 0 unspecified atom stereocenters. The zero-order valence-electron chi connectivity index (χ0n) is 18.9. The highest BCUT2D eigenvalue weighted by Gasteiger charge is 2.12. The minimum atomic E-state index is -0.544. The molecule has 0 aliphatic heterocycles. The van der Waals surface area contributed by atoms with Crippen LogP contribution >= 0.6 is 11.3 Å². The molecule has 0 fully saturated rings. The molecule has 4 rings (SSSR count). The standard InChI is InChI=1S/C24H25N7O2S/c1-30(2)31(33)28-13-16-6-8-19(9-7-16)29-22-12-21(20(15-27-22)24(25)32)26-14-18-5-3-4-17-10-11-34-23(17)18/h3-12,15H,13-14H2,1-2H3,(H4-,25,26,27,28,29,32,33)/p+1. The van der Waals surface area contributed by atoms with Gasteiger partial charge in [-0.1, -0.05) is 30.3 Å². The molecule has 9 nitrogen and oxygen atoms in total. The van der Waals surface area contributed by atoms with Crippen molar-refractivity contribution >= 4 is 44.5 Å². The highest BCUT2D eigenvalue weighted by molar-refractivity contribution is 7.17. The van der Waals surface area contributed by atoms with Crippen LogP contribution in [0.5, 0.6) is 0 Å². The first kappa shape index (κ1) is 23.0. The van der Waals surface area contributed by atoms with Gasteiger partial charge in [0.25, 0.3) is 5.91 Å². The number of nitrogens with two attached hydrogens (primary N) is 1. The number of carbonyl (C=O) groups excluding carboxylic acids is 1. The van der Waals surface area contributed by atoms with Crippen molar-refractivity contribution < 1.29 is 9.77 Å². The van der Waals surface area contributed by atoms with Crippen LogP contribution in [0.25, 0.3) is 10.1 Å². The molecule has 0 aliphatic rings. The molecule has 0 radical (unpaired) electrons. The number of hydrogen-bond donors (Lipinski definition) is 4. The number of nitroso groups, excluding NO2 is 1. The molecule has 2 aromatic heterocycles. The Morgan fingerprint density at radius 2 is 1.91 bits per heavy atom. The Morgan fingerprint density at radius 1 is 1.12 bits per heavy atom. The molecule has 0 saturated heterocycles. The minimum absolute atomic E-state index is 0.327. The van der Waals surface area contributed by atoms with E-state index in [0.717, 1.165) is 16.8 Å². The average molecular weight is 477 g/mol. The van der Waals surface area contributed by atoms with Crippen molar-refractivity contribution in [1.82, 2.24) is 15.4 Å². The maximum absolute atomic E-state index is 12.0. The van der Waals surface area contributed by atoms with Crippen molar-refractivity contribution in [1.29, 1.82) is 0 Å². The molecular weight excluding hydrogens is 450 g/mol. The third-order valence-corrected chi connectivity index (χ3v) is 6.21. The summed E-state index contributed by atoms with van der Waals surface area (Å²) in [6.45, 7) is 0.950. The molecule has 174 valence electrons. The second-order valence-corrected chi connectivity index (χ2v) is 8.78. The van der Waals surface area contributed by atoms with Gasteiger partial charge in [0.15, 0.2) is 0 Å². The van der Waals surface area contributed by atoms with Crippen LogP contribution < -0.4 is 21.8 Å². The van der Waals surface area contributed by atoms with Crippen LogP contribution in [0.15, 0.2) is 66.2 Å². The third-order valence-electron chi connectivity index (χ3n) is 5.21. The number of carbonyl (C=O) groups is 1. The Hall–Kier alpha value is -4.18. The normalized spacial score (nSPS) is 10.6. The SMILES string of the molecule is CN(C)[N+](=O)NCc1ccc(Nc2cc(NCc3cccc4ccsc34)c(C(N)=O)cn2)cc1. The van der Waals surface area contributed by atoms with Crippen molar-refractivity contribution in [3.8, 4) is 0 Å². The number of nitrogens with one attached hydrogen (secondary N) is 3.